The van der Waals surface area contributed by atoms with E-state index in [4.69, 9.17) is 17.3 Å². The molecule has 2 rings (SSSR count). The molecule has 0 spiro atoms. The van der Waals surface area contributed by atoms with Gasteiger partial charge in [-0.1, -0.05) is 24.6 Å². The van der Waals surface area contributed by atoms with E-state index in [1.54, 1.807) is 30.6 Å². The van der Waals surface area contributed by atoms with Crippen LogP contribution in [-0.4, -0.2) is 15.3 Å². The minimum absolute atomic E-state index is 0.201. The van der Waals surface area contributed by atoms with Gasteiger partial charge >= 0.3 is 0 Å². The van der Waals surface area contributed by atoms with Gasteiger partial charge in [-0.2, -0.15) is 0 Å². The molecule has 0 radical (unpaired) electrons. The number of hydrogen-bond donors (Lipinski definition) is 1. The predicted octanol–water partition coefficient (Wildman–Crippen LogP) is 2.76. The van der Waals surface area contributed by atoms with Crippen molar-refractivity contribution < 1.29 is 4.79 Å². The van der Waals surface area contributed by atoms with Crippen molar-refractivity contribution in [3.63, 3.8) is 0 Å². The van der Waals surface area contributed by atoms with Gasteiger partial charge in [0, 0.05) is 18.9 Å². The minimum atomic E-state index is -0.201. The second-order valence-corrected chi connectivity index (χ2v) is 4.38. The molecule has 0 amide bonds. The Labute approximate surface area is 110 Å². The Bertz CT molecular complexity index is 577. The zero-order valence-electron chi connectivity index (χ0n) is 10.1. The molecule has 0 saturated heterocycles. The minimum Gasteiger partial charge on any atom is -0.397 e. The van der Waals surface area contributed by atoms with E-state index in [-0.39, 0.29) is 5.78 Å². The monoisotopic (exact) mass is 263 g/mol. The molecule has 5 heteroatoms. The lowest BCUT2D eigenvalue weighted by atomic mass is 10.1. The van der Waals surface area contributed by atoms with E-state index in [9.17, 15) is 4.79 Å². The van der Waals surface area contributed by atoms with E-state index in [2.05, 4.69) is 4.98 Å². The van der Waals surface area contributed by atoms with Crippen LogP contribution in [0.5, 0.6) is 0 Å². The molecule has 0 aliphatic carbocycles. The van der Waals surface area contributed by atoms with Crippen LogP contribution in [0, 0.1) is 0 Å². The number of halogens is 1. The summed E-state index contributed by atoms with van der Waals surface area (Å²) in [4.78, 5) is 16.5. The summed E-state index contributed by atoms with van der Waals surface area (Å²) in [7, 11) is 0. The van der Waals surface area contributed by atoms with Gasteiger partial charge in [0.25, 0.3) is 0 Å². The number of imidazole rings is 1. The molecule has 4 nitrogen and oxygen atoms in total. The van der Waals surface area contributed by atoms with Crippen LogP contribution in [0.3, 0.4) is 0 Å². The molecule has 1 heterocycles. The average Bonchev–Trinajstić information content (AvgIpc) is 2.80. The molecule has 0 saturated carbocycles. The Kier molecular flexibility index (Phi) is 3.67. The zero-order chi connectivity index (χ0) is 13.1. The van der Waals surface area contributed by atoms with E-state index in [1.165, 1.54) is 0 Å². The number of carbonyl (C=O) groups is 1. The quantitative estimate of drug-likeness (QED) is 0.682. The number of nitrogens with two attached hydrogens (primary N) is 1. The Balaban J connectivity index is 2.42. The van der Waals surface area contributed by atoms with Crippen LogP contribution in [0.1, 0.15) is 29.5 Å². The molecule has 2 aromatic rings. The van der Waals surface area contributed by atoms with Crippen LogP contribution in [0.4, 0.5) is 5.69 Å². The number of nitrogen functional groups attached to an aromatic ring is 1. The highest BCUT2D eigenvalue weighted by molar-refractivity contribution is 6.34. The van der Waals surface area contributed by atoms with Crippen LogP contribution in [0.15, 0.2) is 30.6 Å². The highest BCUT2D eigenvalue weighted by atomic mass is 35.5. The molecular weight excluding hydrogens is 250 g/mol. The summed E-state index contributed by atoms with van der Waals surface area (Å²) >= 11 is 5.92. The fraction of sp³-hybridized carbons (Fsp3) is 0.231. The normalized spacial score (nSPS) is 10.6. The first-order chi connectivity index (χ1) is 8.65. The maximum absolute atomic E-state index is 12.4. The summed E-state index contributed by atoms with van der Waals surface area (Å²) in [5, 5.41) is 0.384. The number of carbonyl (C=O) groups excluding carboxylic acids is 1. The number of aromatic nitrogens is 2. The number of aryl methyl sites for hydroxylation is 1. The molecule has 0 aliphatic rings. The molecular formula is C13H14ClN3O. The van der Waals surface area contributed by atoms with E-state index in [1.807, 2.05) is 11.5 Å². The topological polar surface area (TPSA) is 60.9 Å². The third kappa shape index (κ3) is 2.24. The van der Waals surface area contributed by atoms with Gasteiger partial charge in [0.05, 0.1) is 16.3 Å². The number of ketones is 1. The van der Waals surface area contributed by atoms with Crippen molar-refractivity contribution in [2.45, 2.75) is 19.9 Å². The molecule has 0 bridgehead atoms. The van der Waals surface area contributed by atoms with Crippen LogP contribution >= 0.6 is 11.6 Å². The van der Waals surface area contributed by atoms with Gasteiger partial charge in [0.1, 0.15) is 0 Å². The lowest BCUT2D eigenvalue weighted by Gasteiger charge is -2.08. The maximum atomic E-state index is 12.4. The van der Waals surface area contributed by atoms with Gasteiger partial charge in [0.2, 0.25) is 5.78 Å². The van der Waals surface area contributed by atoms with Crippen LogP contribution in [-0.2, 0) is 6.54 Å². The fourth-order valence-electron chi connectivity index (χ4n) is 1.80. The number of hydrogen-bond acceptors (Lipinski definition) is 3. The summed E-state index contributed by atoms with van der Waals surface area (Å²) in [6.07, 6.45) is 4.34. The van der Waals surface area contributed by atoms with E-state index in [0.29, 0.717) is 22.1 Å². The van der Waals surface area contributed by atoms with Crippen molar-refractivity contribution in [1.29, 1.82) is 0 Å². The van der Waals surface area contributed by atoms with Crippen molar-refractivity contribution in [3.05, 3.63) is 47.0 Å². The SMILES string of the molecule is CCCn1ccnc1C(=O)c1cccc(Cl)c1N. The predicted molar refractivity (Wildman–Crippen MR) is 71.8 cm³/mol. The smallest absolute Gasteiger partial charge is 0.230 e. The molecule has 2 N–H and O–H groups in total. The number of nitrogens with zero attached hydrogens (tertiary/aromatic N) is 2. The molecule has 94 valence electrons. The van der Waals surface area contributed by atoms with Gasteiger partial charge in [-0.15, -0.1) is 0 Å². The lowest BCUT2D eigenvalue weighted by Crippen LogP contribution is -2.13. The third-order valence-corrected chi connectivity index (χ3v) is 3.01. The molecule has 1 aromatic heterocycles. The zero-order valence-corrected chi connectivity index (χ0v) is 10.8. The number of para-hydroxylation sites is 1. The van der Waals surface area contributed by atoms with Gasteiger partial charge in [-0.3, -0.25) is 4.79 Å². The van der Waals surface area contributed by atoms with Gasteiger partial charge in [0.15, 0.2) is 5.82 Å². The Morgan fingerprint density at radius 2 is 2.28 bits per heavy atom. The van der Waals surface area contributed by atoms with Crippen molar-refractivity contribution in [3.8, 4) is 0 Å². The van der Waals surface area contributed by atoms with Crippen LogP contribution in [0.25, 0.3) is 0 Å². The molecule has 0 fully saturated rings. The van der Waals surface area contributed by atoms with Crippen molar-refractivity contribution in [2.24, 2.45) is 0 Å². The van der Waals surface area contributed by atoms with E-state index in [0.717, 1.165) is 13.0 Å². The van der Waals surface area contributed by atoms with Gasteiger partial charge in [-0.05, 0) is 18.6 Å². The van der Waals surface area contributed by atoms with Crippen LogP contribution in [0.2, 0.25) is 5.02 Å². The highest BCUT2D eigenvalue weighted by Gasteiger charge is 2.18. The molecule has 18 heavy (non-hydrogen) atoms. The average molecular weight is 264 g/mol. The molecule has 0 atom stereocenters. The molecule has 0 unspecified atom stereocenters. The number of rotatable bonds is 4. The summed E-state index contributed by atoms with van der Waals surface area (Å²) in [6.45, 7) is 2.80. The second kappa shape index (κ2) is 5.23. The lowest BCUT2D eigenvalue weighted by molar-refractivity contribution is 0.102. The van der Waals surface area contributed by atoms with Crippen molar-refractivity contribution in [1.82, 2.24) is 9.55 Å². The van der Waals surface area contributed by atoms with E-state index < -0.39 is 0 Å². The first kappa shape index (κ1) is 12.6. The summed E-state index contributed by atoms with van der Waals surface area (Å²) in [5.74, 6) is 0.194. The summed E-state index contributed by atoms with van der Waals surface area (Å²) < 4.78 is 1.82. The fourth-order valence-corrected chi connectivity index (χ4v) is 1.97. The maximum Gasteiger partial charge on any atom is 0.230 e. The number of anilines is 1. The number of benzene rings is 1. The Morgan fingerprint density at radius 1 is 1.50 bits per heavy atom. The third-order valence-electron chi connectivity index (χ3n) is 2.68. The van der Waals surface area contributed by atoms with Crippen molar-refractivity contribution >= 4 is 23.1 Å². The van der Waals surface area contributed by atoms with Crippen LogP contribution < -0.4 is 5.73 Å². The molecule has 0 aliphatic heterocycles. The summed E-state index contributed by atoms with van der Waals surface area (Å²) in [6, 6.07) is 5.03. The highest BCUT2D eigenvalue weighted by Crippen LogP contribution is 2.24. The van der Waals surface area contributed by atoms with Gasteiger partial charge < -0.3 is 10.3 Å². The second-order valence-electron chi connectivity index (χ2n) is 3.97. The first-order valence-electron chi connectivity index (χ1n) is 5.75. The standard InChI is InChI=1S/C13H14ClN3O/c1-2-7-17-8-6-16-13(17)12(18)9-4-3-5-10(14)11(9)15/h3-6,8H,2,7,15H2,1H3. The first-order valence-corrected chi connectivity index (χ1v) is 6.12. The van der Waals surface area contributed by atoms with E-state index >= 15 is 0 Å². The summed E-state index contributed by atoms with van der Waals surface area (Å²) in [5.41, 5.74) is 6.52. The Morgan fingerprint density at radius 3 is 3.00 bits per heavy atom. The largest absolute Gasteiger partial charge is 0.397 e. The van der Waals surface area contributed by atoms with Crippen molar-refractivity contribution in [2.75, 3.05) is 5.73 Å². The molecule has 1 aromatic carbocycles. The van der Waals surface area contributed by atoms with Gasteiger partial charge in [-0.25, -0.2) is 4.98 Å². The Hall–Kier alpha value is -1.81.